The molecule has 2 aromatic rings. The number of aromatic nitrogens is 1. The van der Waals surface area contributed by atoms with Crippen molar-refractivity contribution in [3.05, 3.63) is 50.0 Å². The molecular weight excluding hydrogens is 330 g/mol. The number of nitro groups is 1. The Morgan fingerprint density at radius 3 is 2.79 bits per heavy atom. The Bertz CT molecular complexity index is 785. The number of ether oxygens (including phenoxy) is 1. The van der Waals surface area contributed by atoms with Crippen LogP contribution in [0.3, 0.4) is 0 Å². The smallest absolute Gasteiger partial charge is 0.282 e. The van der Waals surface area contributed by atoms with E-state index in [9.17, 15) is 14.9 Å². The van der Waals surface area contributed by atoms with Gasteiger partial charge in [0.1, 0.15) is 16.3 Å². The minimum absolute atomic E-state index is 0.00159. The molecule has 7 nitrogen and oxygen atoms in total. The predicted molar refractivity (Wildman–Crippen MR) is 89.4 cm³/mol. The van der Waals surface area contributed by atoms with Crippen molar-refractivity contribution in [2.24, 2.45) is 5.92 Å². The third-order valence-corrected chi connectivity index (χ3v) is 4.97. The molecule has 0 spiro atoms. The summed E-state index contributed by atoms with van der Waals surface area (Å²) in [5.41, 5.74) is 0.665. The van der Waals surface area contributed by atoms with Gasteiger partial charge < -0.3 is 10.1 Å². The molecule has 1 aliphatic carbocycles. The second kappa shape index (κ2) is 6.56. The molecule has 1 aliphatic rings. The first-order chi connectivity index (χ1) is 11.5. The molecule has 0 radical (unpaired) electrons. The molecule has 1 aromatic heterocycles. The van der Waals surface area contributed by atoms with E-state index in [1.807, 2.05) is 12.3 Å². The normalized spacial score (nSPS) is 14.9. The van der Waals surface area contributed by atoms with E-state index in [2.05, 4.69) is 10.3 Å². The zero-order chi connectivity index (χ0) is 17.3. The lowest BCUT2D eigenvalue weighted by molar-refractivity contribution is -0.385. The first-order valence-corrected chi connectivity index (χ1v) is 8.43. The lowest BCUT2D eigenvalue weighted by atomic mass is 10.1. The monoisotopic (exact) mass is 347 g/mol. The van der Waals surface area contributed by atoms with Crippen molar-refractivity contribution >= 4 is 22.9 Å². The van der Waals surface area contributed by atoms with Crippen LogP contribution >= 0.6 is 11.3 Å². The number of hydrogen-bond donors (Lipinski definition) is 1. The highest BCUT2D eigenvalue weighted by Crippen LogP contribution is 2.42. The van der Waals surface area contributed by atoms with Crippen molar-refractivity contribution in [3.63, 3.8) is 0 Å². The fraction of sp³-hybridized carbons (Fsp3) is 0.375. The largest absolute Gasteiger partial charge is 0.497 e. The fourth-order valence-electron chi connectivity index (χ4n) is 2.53. The van der Waals surface area contributed by atoms with Gasteiger partial charge in [-0.3, -0.25) is 14.9 Å². The summed E-state index contributed by atoms with van der Waals surface area (Å²) in [5, 5.41) is 16.9. The van der Waals surface area contributed by atoms with Gasteiger partial charge in [0.2, 0.25) is 0 Å². The number of methoxy groups -OCH3 is 1. The number of rotatable bonds is 6. The molecule has 0 bridgehead atoms. The van der Waals surface area contributed by atoms with Crippen molar-refractivity contribution < 1.29 is 14.5 Å². The summed E-state index contributed by atoms with van der Waals surface area (Å²) in [5.74, 6) is 0.258. The van der Waals surface area contributed by atoms with Crippen LogP contribution in [0.5, 0.6) is 5.75 Å². The molecule has 0 aliphatic heterocycles. The summed E-state index contributed by atoms with van der Waals surface area (Å²) in [6.45, 7) is 1.90. The van der Waals surface area contributed by atoms with Crippen LogP contribution < -0.4 is 10.1 Å². The predicted octanol–water partition coefficient (Wildman–Crippen LogP) is 3.25. The molecular formula is C16H17N3O4S. The van der Waals surface area contributed by atoms with Gasteiger partial charge in [-0.1, -0.05) is 0 Å². The van der Waals surface area contributed by atoms with Crippen molar-refractivity contribution in [2.75, 3.05) is 7.11 Å². The van der Waals surface area contributed by atoms with Crippen LogP contribution in [0.15, 0.2) is 23.6 Å². The van der Waals surface area contributed by atoms with E-state index in [1.165, 1.54) is 36.6 Å². The molecule has 126 valence electrons. The molecule has 1 atom stereocenters. The molecule has 1 amide bonds. The minimum Gasteiger partial charge on any atom is -0.497 e. The van der Waals surface area contributed by atoms with Crippen molar-refractivity contribution in [2.45, 2.75) is 25.8 Å². The average molecular weight is 347 g/mol. The van der Waals surface area contributed by atoms with Gasteiger partial charge in [-0.05, 0) is 37.8 Å². The Morgan fingerprint density at radius 1 is 1.50 bits per heavy atom. The number of aryl methyl sites for hydroxylation is 1. The van der Waals surface area contributed by atoms with Crippen LogP contribution in [0, 0.1) is 23.0 Å². The number of nitrogens with zero attached hydrogens (tertiary/aromatic N) is 2. The molecule has 1 fully saturated rings. The molecule has 1 N–H and O–H groups in total. The zero-order valence-corrected chi connectivity index (χ0v) is 14.1. The van der Waals surface area contributed by atoms with Crippen molar-refractivity contribution in [1.29, 1.82) is 0 Å². The van der Waals surface area contributed by atoms with Gasteiger partial charge in [0.05, 0.1) is 18.1 Å². The highest BCUT2D eigenvalue weighted by atomic mass is 32.1. The van der Waals surface area contributed by atoms with E-state index in [-0.39, 0.29) is 17.3 Å². The maximum atomic E-state index is 12.7. The van der Waals surface area contributed by atoms with Gasteiger partial charge in [0, 0.05) is 17.1 Å². The van der Waals surface area contributed by atoms with Crippen LogP contribution in [-0.2, 0) is 0 Å². The van der Waals surface area contributed by atoms with Crippen LogP contribution in [0.25, 0.3) is 0 Å². The first kappa shape index (κ1) is 16.4. The molecule has 1 aromatic carbocycles. The first-order valence-electron chi connectivity index (χ1n) is 7.55. The van der Waals surface area contributed by atoms with Gasteiger partial charge in [-0.2, -0.15) is 0 Å². The van der Waals surface area contributed by atoms with Crippen LogP contribution in [0.2, 0.25) is 0 Å². The van der Waals surface area contributed by atoms with Crippen LogP contribution in [-0.4, -0.2) is 22.9 Å². The Hall–Kier alpha value is -2.48. The lowest BCUT2D eigenvalue weighted by Gasteiger charge is -2.16. The van der Waals surface area contributed by atoms with Crippen molar-refractivity contribution in [3.8, 4) is 5.75 Å². The maximum Gasteiger partial charge on any atom is 0.282 e. The number of carbonyl (C=O) groups excluding carboxylic acids is 1. The molecule has 1 saturated carbocycles. The lowest BCUT2D eigenvalue weighted by Crippen LogP contribution is -2.30. The van der Waals surface area contributed by atoms with Gasteiger partial charge in [-0.15, -0.1) is 11.3 Å². The number of thiazole rings is 1. The van der Waals surface area contributed by atoms with Crippen LogP contribution in [0.1, 0.15) is 39.9 Å². The number of benzene rings is 1. The van der Waals surface area contributed by atoms with Crippen molar-refractivity contribution in [1.82, 2.24) is 10.3 Å². The summed E-state index contributed by atoms with van der Waals surface area (Å²) < 4.78 is 5.08. The zero-order valence-electron chi connectivity index (χ0n) is 13.3. The number of carbonyl (C=O) groups is 1. The second-order valence-corrected chi connectivity index (χ2v) is 6.65. The summed E-state index contributed by atoms with van der Waals surface area (Å²) in [7, 11) is 1.45. The Morgan fingerprint density at radius 2 is 2.25 bits per heavy atom. The second-order valence-electron chi connectivity index (χ2n) is 5.76. The molecule has 1 unspecified atom stereocenters. The van der Waals surface area contributed by atoms with Gasteiger partial charge in [0.25, 0.3) is 11.6 Å². The molecule has 1 heterocycles. The van der Waals surface area contributed by atoms with Gasteiger partial charge in [-0.25, -0.2) is 4.98 Å². The Balaban J connectivity index is 1.89. The van der Waals surface area contributed by atoms with Crippen LogP contribution in [0.4, 0.5) is 5.69 Å². The van der Waals surface area contributed by atoms with E-state index in [4.69, 9.17) is 4.74 Å². The molecule has 8 heteroatoms. The van der Waals surface area contributed by atoms with Gasteiger partial charge in [0.15, 0.2) is 0 Å². The summed E-state index contributed by atoms with van der Waals surface area (Å²) in [6.07, 6.45) is 2.04. The third kappa shape index (κ3) is 3.38. The number of amides is 1. The number of nitrogens with one attached hydrogen (secondary N) is 1. The highest BCUT2D eigenvalue weighted by molar-refractivity contribution is 7.09. The summed E-state index contributed by atoms with van der Waals surface area (Å²) in [6, 6.07) is 3.94. The molecule has 3 rings (SSSR count). The summed E-state index contributed by atoms with van der Waals surface area (Å²) >= 11 is 1.50. The number of nitro benzene ring substituents is 1. The van der Waals surface area contributed by atoms with Gasteiger partial charge >= 0.3 is 0 Å². The number of hydrogen-bond acceptors (Lipinski definition) is 6. The SMILES string of the molecule is COc1ccc([N+](=O)[O-])c(C(=O)NC(c2nc(C)cs2)C2CC2)c1. The molecule has 0 saturated heterocycles. The Kier molecular flexibility index (Phi) is 4.48. The maximum absolute atomic E-state index is 12.7. The van der Waals surface area contributed by atoms with E-state index in [1.54, 1.807) is 0 Å². The van der Waals surface area contributed by atoms with E-state index >= 15 is 0 Å². The average Bonchev–Trinajstić information content (AvgIpc) is 3.32. The Labute approximate surface area is 142 Å². The van der Waals surface area contributed by atoms with E-state index < -0.39 is 10.8 Å². The standard InChI is InChI=1S/C16H17N3O4S/c1-9-8-24-16(17-9)14(10-3-4-10)18-15(20)12-7-11(23-2)5-6-13(12)19(21)22/h5-8,10,14H,3-4H2,1-2H3,(H,18,20). The fourth-order valence-corrected chi connectivity index (χ4v) is 3.47. The summed E-state index contributed by atoms with van der Waals surface area (Å²) in [4.78, 5) is 27.8. The quantitative estimate of drug-likeness (QED) is 0.639. The van der Waals surface area contributed by atoms with E-state index in [0.717, 1.165) is 23.5 Å². The topological polar surface area (TPSA) is 94.4 Å². The van der Waals surface area contributed by atoms with E-state index in [0.29, 0.717) is 11.7 Å². The molecule has 24 heavy (non-hydrogen) atoms. The minimum atomic E-state index is -0.561. The third-order valence-electron chi connectivity index (χ3n) is 3.93. The highest BCUT2D eigenvalue weighted by Gasteiger charge is 2.36.